The first-order chi connectivity index (χ1) is 19.0. The second-order valence-corrected chi connectivity index (χ2v) is 11.8. The molecule has 1 N–H and O–H groups in total. The number of nitrogens with zero attached hydrogens (tertiary/aromatic N) is 2. The largest absolute Gasteiger partial charge is 0.352 e. The van der Waals surface area contributed by atoms with Crippen LogP contribution in [0.3, 0.4) is 0 Å². The van der Waals surface area contributed by atoms with Crippen LogP contribution >= 0.6 is 0 Å². The lowest BCUT2D eigenvalue weighted by molar-refractivity contribution is -0.140. The van der Waals surface area contributed by atoms with Gasteiger partial charge in [-0.2, -0.15) is 0 Å². The van der Waals surface area contributed by atoms with Crippen molar-refractivity contribution in [1.82, 2.24) is 10.2 Å². The molecule has 3 rings (SSSR count). The minimum absolute atomic E-state index is 0.107. The van der Waals surface area contributed by atoms with E-state index in [-0.39, 0.29) is 36.4 Å². The number of Topliss-reactive ketones (excluding diaryl/α,β-unsaturated/α-hetero) is 1. The standard InChI is InChI=1S/C31H37N3O5S/c1-5-23(2)32-31(37)29(19-25-13-8-6-9-14-25)33(21-26-15-10-7-11-16-26)30(36)22-34(40(4,38)39)28-18-12-17-27(20-28)24(3)35/h6-18,20,23,29H,5,19,21-22H2,1-4H3,(H,32,37). The topological polar surface area (TPSA) is 104 Å². The highest BCUT2D eigenvalue weighted by Crippen LogP contribution is 2.22. The number of sulfonamides is 1. The number of carbonyl (C=O) groups is 3. The molecule has 0 fully saturated rings. The van der Waals surface area contributed by atoms with Crippen molar-refractivity contribution in [2.24, 2.45) is 0 Å². The SMILES string of the molecule is CCC(C)NC(=O)C(Cc1ccccc1)N(Cc1ccccc1)C(=O)CN(c1cccc(C(C)=O)c1)S(C)(=O)=O. The van der Waals surface area contributed by atoms with Gasteiger partial charge in [0.25, 0.3) is 0 Å². The number of benzene rings is 3. The summed E-state index contributed by atoms with van der Waals surface area (Å²) in [6.45, 7) is 4.82. The molecule has 0 saturated heterocycles. The fraction of sp³-hybridized carbons (Fsp3) is 0.323. The Labute approximate surface area is 237 Å². The summed E-state index contributed by atoms with van der Waals surface area (Å²) in [7, 11) is -3.92. The lowest BCUT2D eigenvalue weighted by Crippen LogP contribution is -2.54. The predicted octanol–water partition coefficient (Wildman–Crippen LogP) is 4.21. The van der Waals surface area contributed by atoms with Crippen LogP contribution in [0.2, 0.25) is 0 Å². The summed E-state index contributed by atoms with van der Waals surface area (Å²) in [5.41, 5.74) is 2.20. The van der Waals surface area contributed by atoms with Crippen LogP contribution in [0.1, 0.15) is 48.7 Å². The quantitative estimate of drug-likeness (QED) is 0.314. The Morgan fingerprint density at radius 3 is 2.02 bits per heavy atom. The van der Waals surface area contributed by atoms with Gasteiger partial charge in [-0.15, -0.1) is 0 Å². The third kappa shape index (κ3) is 8.51. The maximum absolute atomic E-state index is 14.1. The number of nitrogens with one attached hydrogen (secondary N) is 1. The average Bonchev–Trinajstić information content (AvgIpc) is 2.93. The van der Waals surface area contributed by atoms with Gasteiger partial charge in [-0.1, -0.05) is 79.7 Å². The lowest BCUT2D eigenvalue weighted by Gasteiger charge is -2.34. The molecule has 3 aromatic carbocycles. The van der Waals surface area contributed by atoms with Crippen molar-refractivity contribution >= 4 is 33.3 Å². The van der Waals surface area contributed by atoms with Crippen molar-refractivity contribution in [3.63, 3.8) is 0 Å². The van der Waals surface area contributed by atoms with E-state index >= 15 is 0 Å². The molecule has 2 amide bonds. The Morgan fingerprint density at radius 2 is 1.48 bits per heavy atom. The zero-order chi connectivity index (χ0) is 29.3. The molecule has 2 atom stereocenters. The molecule has 2 unspecified atom stereocenters. The summed E-state index contributed by atoms with van der Waals surface area (Å²) < 4.78 is 26.8. The predicted molar refractivity (Wildman–Crippen MR) is 157 cm³/mol. The first-order valence-electron chi connectivity index (χ1n) is 13.3. The van der Waals surface area contributed by atoms with Crippen molar-refractivity contribution in [1.29, 1.82) is 0 Å². The van der Waals surface area contributed by atoms with Crippen LogP contribution in [-0.4, -0.2) is 55.8 Å². The molecule has 0 aliphatic heterocycles. The van der Waals surface area contributed by atoms with Crippen LogP contribution in [-0.2, 0) is 32.6 Å². The monoisotopic (exact) mass is 563 g/mol. The van der Waals surface area contributed by atoms with Crippen molar-refractivity contribution in [2.75, 3.05) is 17.1 Å². The number of anilines is 1. The number of hydrogen-bond acceptors (Lipinski definition) is 5. The number of ketones is 1. The number of rotatable bonds is 13. The Morgan fingerprint density at radius 1 is 0.875 bits per heavy atom. The normalized spacial score (nSPS) is 12.7. The number of amides is 2. The zero-order valence-electron chi connectivity index (χ0n) is 23.4. The molecule has 8 nitrogen and oxygen atoms in total. The molecule has 0 aromatic heterocycles. The second-order valence-electron chi connectivity index (χ2n) is 9.91. The van der Waals surface area contributed by atoms with E-state index in [0.29, 0.717) is 12.0 Å². The van der Waals surface area contributed by atoms with Gasteiger partial charge in [0, 0.05) is 24.6 Å². The third-order valence-corrected chi connectivity index (χ3v) is 7.83. The molecular weight excluding hydrogens is 526 g/mol. The maximum atomic E-state index is 14.1. The van der Waals surface area contributed by atoms with Crippen molar-refractivity contribution in [2.45, 2.75) is 52.2 Å². The van der Waals surface area contributed by atoms with Gasteiger partial charge in [0.05, 0.1) is 11.9 Å². The number of carbonyl (C=O) groups excluding carboxylic acids is 3. The Bertz CT molecular complexity index is 1410. The minimum atomic E-state index is -3.92. The van der Waals surface area contributed by atoms with E-state index in [9.17, 15) is 22.8 Å². The van der Waals surface area contributed by atoms with Gasteiger partial charge in [0.1, 0.15) is 12.6 Å². The fourth-order valence-electron chi connectivity index (χ4n) is 4.27. The van der Waals surface area contributed by atoms with Gasteiger partial charge in [0.15, 0.2) is 5.78 Å². The van der Waals surface area contributed by atoms with E-state index in [1.807, 2.05) is 74.5 Å². The molecule has 0 heterocycles. The molecular formula is C31H37N3O5S. The molecule has 0 aliphatic carbocycles. The highest BCUT2D eigenvalue weighted by molar-refractivity contribution is 7.92. The molecule has 40 heavy (non-hydrogen) atoms. The van der Waals surface area contributed by atoms with Gasteiger partial charge in [0.2, 0.25) is 21.8 Å². The summed E-state index contributed by atoms with van der Waals surface area (Å²) in [6.07, 6.45) is 1.98. The van der Waals surface area contributed by atoms with E-state index < -0.39 is 28.5 Å². The van der Waals surface area contributed by atoms with Gasteiger partial charge >= 0.3 is 0 Å². The Hall–Kier alpha value is -3.98. The van der Waals surface area contributed by atoms with Crippen LogP contribution in [0.5, 0.6) is 0 Å². The van der Waals surface area contributed by atoms with E-state index in [4.69, 9.17) is 0 Å². The van der Waals surface area contributed by atoms with E-state index in [2.05, 4.69) is 5.32 Å². The second kappa shape index (κ2) is 13.9. The molecule has 212 valence electrons. The van der Waals surface area contributed by atoms with Crippen LogP contribution in [0.25, 0.3) is 0 Å². The Kier molecular flexibility index (Phi) is 10.6. The van der Waals surface area contributed by atoms with Crippen LogP contribution in [0.15, 0.2) is 84.9 Å². The van der Waals surface area contributed by atoms with Gasteiger partial charge in [-0.3, -0.25) is 18.7 Å². The average molecular weight is 564 g/mol. The Balaban J connectivity index is 2.06. The van der Waals surface area contributed by atoms with Gasteiger partial charge < -0.3 is 10.2 Å². The minimum Gasteiger partial charge on any atom is -0.352 e. The van der Waals surface area contributed by atoms with E-state index in [1.54, 1.807) is 18.2 Å². The van der Waals surface area contributed by atoms with Crippen molar-refractivity contribution in [3.8, 4) is 0 Å². The van der Waals surface area contributed by atoms with Crippen molar-refractivity contribution < 1.29 is 22.8 Å². The van der Waals surface area contributed by atoms with Crippen LogP contribution in [0.4, 0.5) is 5.69 Å². The van der Waals surface area contributed by atoms with E-state index in [1.165, 1.54) is 17.9 Å². The summed E-state index contributed by atoms with van der Waals surface area (Å²) in [4.78, 5) is 41.1. The van der Waals surface area contributed by atoms with E-state index in [0.717, 1.165) is 21.7 Å². The first-order valence-corrected chi connectivity index (χ1v) is 15.1. The van der Waals surface area contributed by atoms with Crippen molar-refractivity contribution in [3.05, 3.63) is 102 Å². The van der Waals surface area contributed by atoms with Crippen LogP contribution < -0.4 is 9.62 Å². The fourth-order valence-corrected chi connectivity index (χ4v) is 5.11. The zero-order valence-corrected chi connectivity index (χ0v) is 24.2. The lowest BCUT2D eigenvalue weighted by atomic mass is 10.0. The third-order valence-electron chi connectivity index (χ3n) is 6.69. The molecule has 0 saturated carbocycles. The van der Waals surface area contributed by atoms with Crippen LogP contribution in [0, 0.1) is 0 Å². The molecule has 0 radical (unpaired) electrons. The molecule has 0 aliphatic rings. The maximum Gasteiger partial charge on any atom is 0.244 e. The van der Waals surface area contributed by atoms with Gasteiger partial charge in [-0.25, -0.2) is 8.42 Å². The highest BCUT2D eigenvalue weighted by atomic mass is 32.2. The molecule has 3 aromatic rings. The summed E-state index contributed by atoms with van der Waals surface area (Å²) in [5, 5.41) is 3.00. The molecule has 9 heteroatoms. The van der Waals surface area contributed by atoms with Gasteiger partial charge in [-0.05, 0) is 43.5 Å². The number of hydrogen-bond donors (Lipinski definition) is 1. The molecule has 0 spiro atoms. The first kappa shape index (κ1) is 30.6. The smallest absolute Gasteiger partial charge is 0.244 e. The summed E-state index contributed by atoms with van der Waals surface area (Å²) in [6, 6.07) is 23.8. The molecule has 0 bridgehead atoms. The summed E-state index contributed by atoms with van der Waals surface area (Å²) >= 11 is 0. The highest BCUT2D eigenvalue weighted by Gasteiger charge is 2.33. The summed E-state index contributed by atoms with van der Waals surface area (Å²) in [5.74, 6) is -1.08.